The number of nitrogens with one attached hydrogen (secondary N) is 2. The number of rotatable bonds is 12. The zero-order valence-electron chi connectivity index (χ0n) is 26.4. The van der Waals surface area contributed by atoms with Gasteiger partial charge in [-0.25, -0.2) is 0 Å². The molecule has 2 amide bonds. The number of aryl methyl sites for hydroxylation is 1. The Morgan fingerprint density at radius 2 is 1.58 bits per heavy atom. The van der Waals surface area contributed by atoms with Crippen LogP contribution in [0.2, 0.25) is 0 Å². The standard InChI is InChI=1S/C36H41N3O6/c1-23(40)24-14-17-28(18-15-24)39(33(41)19-16-25-22-37-30-13-9-8-12-29(25)30)34(36(42)38-27-10-6-5-7-11-27)26-20-31(43-2)35(45-4)32(21-26)44-3/h8-9,12-15,17-18,20-22,27,34,37H,5-7,10-11,16,19H2,1-4H3,(H,38,42)/t34-/m1/s1. The van der Waals surface area contributed by atoms with Gasteiger partial charge < -0.3 is 24.5 Å². The van der Waals surface area contributed by atoms with Crippen molar-refractivity contribution in [1.82, 2.24) is 10.3 Å². The molecule has 0 saturated heterocycles. The van der Waals surface area contributed by atoms with E-state index >= 15 is 0 Å². The molecule has 45 heavy (non-hydrogen) atoms. The van der Waals surface area contributed by atoms with Crippen LogP contribution >= 0.6 is 0 Å². The average Bonchev–Trinajstić information content (AvgIpc) is 3.48. The first kappa shape index (κ1) is 31.6. The fourth-order valence-corrected chi connectivity index (χ4v) is 6.20. The number of anilines is 1. The van der Waals surface area contributed by atoms with Gasteiger partial charge in [0, 0.05) is 40.8 Å². The van der Waals surface area contributed by atoms with E-state index in [1.54, 1.807) is 36.4 Å². The summed E-state index contributed by atoms with van der Waals surface area (Å²) in [6.45, 7) is 1.50. The van der Waals surface area contributed by atoms with E-state index in [9.17, 15) is 14.4 Å². The van der Waals surface area contributed by atoms with E-state index in [0.29, 0.717) is 40.5 Å². The summed E-state index contributed by atoms with van der Waals surface area (Å²) in [5.74, 6) is 0.509. The van der Waals surface area contributed by atoms with Crippen LogP contribution in [0.25, 0.3) is 10.9 Å². The maximum atomic E-state index is 14.4. The van der Waals surface area contributed by atoms with Gasteiger partial charge in [-0.05, 0) is 79.8 Å². The average molecular weight is 612 g/mol. The van der Waals surface area contributed by atoms with Gasteiger partial charge in [0.1, 0.15) is 6.04 Å². The highest BCUT2D eigenvalue weighted by Gasteiger charge is 2.35. The van der Waals surface area contributed by atoms with Crippen LogP contribution in [0.5, 0.6) is 17.2 Å². The van der Waals surface area contributed by atoms with Crippen molar-refractivity contribution in [1.29, 1.82) is 0 Å². The number of nitrogens with zero attached hydrogens (tertiary/aromatic N) is 1. The number of benzene rings is 3. The maximum absolute atomic E-state index is 14.4. The number of methoxy groups -OCH3 is 3. The molecular formula is C36H41N3O6. The molecule has 4 aromatic rings. The van der Waals surface area contributed by atoms with Crippen LogP contribution in [0.4, 0.5) is 5.69 Å². The number of hydrogen-bond donors (Lipinski definition) is 2. The van der Waals surface area contributed by atoms with Gasteiger partial charge in [-0.1, -0.05) is 37.5 Å². The van der Waals surface area contributed by atoms with Gasteiger partial charge in [-0.15, -0.1) is 0 Å². The van der Waals surface area contributed by atoms with Crippen molar-refractivity contribution in [2.45, 2.75) is 64.0 Å². The van der Waals surface area contributed by atoms with Crippen LogP contribution < -0.4 is 24.4 Å². The topological polar surface area (TPSA) is 110 Å². The lowest BCUT2D eigenvalue weighted by Crippen LogP contribution is -2.47. The summed E-state index contributed by atoms with van der Waals surface area (Å²) in [6.07, 6.45) is 7.54. The second-order valence-electron chi connectivity index (χ2n) is 11.4. The first-order valence-corrected chi connectivity index (χ1v) is 15.4. The van der Waals surface area contributed by atoms with E-state index in [-0.39, 0.29) is 30.1 Å². The largest absolute Gasteiger partial charge is 0.493 e. The summed E-state index contributed by atoms with van der Waals surface area (Å²) in [4.78, 5) is 45.7. The number of aromatic nitrogens is 1. The Labute approximate surface area is 263 Å². The van der Waals surface area contributed by atoms with Gasteiger partial charge >= 0.3 is 0 Å². The lowest BCUT2D eigenvalue weighted by molar-refractivity contribution is -0.127. The molecule has 1 aliphatic rings. The van der Waals surface area contributed by atoms with Crippen LogP contribution in [0, 0.1) is 0 Å². The third kappa shape index (κ3) is 6.98. The molecule has 1 saturated carbocycles. The summed E-state index contributed by atoms with van der Waals surface area (Å²) in [5, 5.41) is 4.30. The molecule has 1 fully saturated rings. The van der Waals surface area contributed by atoms with Crippen LogP contribution in [-0.4, -0.2) is 50.0 Å². The van der Waals surface area contributed by atoms with E-state index in [1.165, 1.54) is 33.2 Å². The molecule has 9 heteroatoms. The molecular weight excluding hydrogens is 570 g/mol. The van der Waals surface area contributed by atoms with Crippen molar-refractivity contribution in [3.63, 3.8) is 0 Å². The highest BCUT2D eigenvalue weighted by Crippen LogP contribution is 2.42. The van der Waals surface area contributed by atoms with Crippen molar-refractivity contribution in [2.24, 2.45) is 0 Å². The molecule has 5 rings (SSSR count). The number of amides is 2. The normalized spacial score (nSPS) is 14.0. The fourth-order valence-electron chi connectivity index (χ4n) is 6.20. The van der Waals surface area contributed by atoms with E-state index in [2.05, 4.69) is 10.3 Å². The second kappa shape index (κ2) is 14.3. The molecule has 0 radical (unpaired) electrons. The van der Waals surface area contributed by atoms with Crippen LogP contribution in [0.3, 0.4) is 0 Å². The minimum Gasteiger partial charge on any atom is -0.493 e. The lowest BCUT2D eigenvalue weighted by Gasteiger charge is -2.34. The predicted octanol–water partition coefficient (Wildman–Crippen LogP) is 6.55. The Morgan fingerprint density at radius 1 is 0.911 bits per heavy atom. The Kier molecular flexibility index (Phi) is 10.1. The van der Waals surface area contributed by atoms with Crippen LogP contribution in [0.1, 0.15) is 73.0 Å². The number of aromatic amines is 1. The summed E-state index contributed by atoms with van der Waals surface area (Å²) in [5.41, 5.74) is 3.54. The Hall–Kier alpha value is -4.79. The summed E-state index contributed by atoms with van der Waals surface area (Å²) in [7, 11) is 4.55. The zero-order chi connectivity index (χ0) is 31.9. The number of fused-ring (bicyclic) bond motifs is 1. The number of para-hydroxylation sites is 1. The van der Waals surface area contributed by atoms with Gasteiger partial charge in [0.15, 0.2) is 17.3 Å². The molecule has 0 spiro atoms. The number of ether oxygens (including phenoxy) is 3. The molecule has 1 atom stereocenters. The summed E-state index contributed by atoms with van der Waals surface area (Å²) >= 11 is 0. The highest BCUT2D eigenvalue weighted by atomic mass is 16.5. The monoisotopic (exact) mass is 611 g/mol. The molecule has 1 aliphatic carbocycles. The van der Waals surface area contributed by atoms with Crippen LogP contribution in [-0.2, 0) is 16.0 Å². The third-order valence-electron chi connectivity index (χ3n) is 8.56. The Bertz CT molecular complexity index is 1630. The van der Waals surface area contributed by atoms with Crippen molar-refractivity contribution < 1.29 is 28.6 Å². The number of H-pyrrole nitrogens is 1. The van der Waals surface area contributed by atoms with Crippen molar-refractivity contribution >= 4 is 34.2 Å². The maximum Gasteiger partial charge on any atom is 0.248 e. The van der Waals surface area contributed by atoms with E-state index in [4.69, 9.17) is 14.2 Å². The van der Waals surface area contributed by atoms with E-state index in [0.717, 1.165) is 48.6 Å². The van der Waals surface area contributed by atoms with Gasteiger partial charge in [-0.2, -0.15) is 0 Å². The number of ketones is 1. The molecule has 3 aromatic carbocycles. The zero-order valence-corrected chi connectivity index (χ0v) is 26.4. The van der Waals surface area contributed by atoms with Gasteiger partial charge in [-0.3, -0.25) is 19.3 Å². The smallest absolute Gasteiger partial charge is 0.248 e. The van der Waals surface area contributed by atoms with Crippen molar-refractivity contribution in [3.8, 4) is 17.2 Å². The van der Waals surface area contributed by atoms with Gasteiger partial charge in [0.25, 0.3) is 0 Å². The molecule has 1 heterocycles. The molecule has 0 unspecified atom stereocenters. The number of carbonyl (C=O) groups excluding carboxylic acids is 3. The molecule has 236 valence electrons. The quantitative estimate of drug-likeness (QED) is 0.176. The lowest BCUT2D eigenvalue weighted by atomic mass is 9.94. The Balaban J connectivity index is 1.60. The Morgan fingerprint density at radius 3 is 2.20 bits per heavy atom. The first-order chi connectivity index (χ1) is 21.8. The molecule has 0 bridgehead atoms. The molecule has 1 aromatic heterocycles. The molecule has 2 N–H and O–H groups in total. The fraction of sp³-hybridized carbons (Fsp3) is 0.361. The SMILES string of the molecule is COc1cc([C@H](C(=O)NC2CCCCC2)N(C(=O)CCc2c[nH]c3ccccc23)c2ccc(C(C)=O)cc2)cc(OC)c1OC. The van der Waals surface area contributed by atoms with E-state index < -0.39 is 6.04 Å². The van der Waals surface area contributed by atoms with E-state index in [1.807, 2.05) is 30.5 Å². The van der Waals surface area contributed by atoms with Gasteiger partial charge in [0.05, 0.1) is 21.3 Å². The number of Topliss-reactive ketones (excluding diaryl/α,β-unsaturated/α-hetero) is 1. The van der Waals surface area contributed by atoms with Crippen molar-refractivity contribution in [2.75, 3.05) is 26.2 Å². The minimum atomic E-state index is -1.06. The molecule has 9 nitrogen and oxygen atoms in total. The second-order valence-corrected chi connectivity index (χ2v) is 11.4. The third-order valence-corrected chi connectivity index (χ3v) is 8.56. The summed E-state index contributed by atoms with van der Waals surface area (Å²) < 4.78 is 16.8. The number of hydrogen-bond acceptors (Lipinski definition) is 6. The summed E-state index contributed by atoms with van der Waals surface area (Å²) in [6, 6.07) is 17.2. The van der Waals surface area contributed by atoms with Gasteiger partial charge in [0.2, 0.25) is 17.6 Å². The molecule has 0 aliphatic heterocycles. The first-order valence-electron chi connectivity index (χ1n) is 15.4. The van der Waals surface area contributed by atoms with Crippen LogP contribution in [0.15, 0.2) is 66.9 Å². The highest BCUT2D eigenvalue weighted by molar-refractivity contribution is 6.02. The minimum absolute atomic E-state index is 0.0130. The predicted molar refractivity (Wildman–Crippen MR) is 174 cm³/mol. The van der Waals surface area contributed by atoms with Crippen molar-refractivity contribution in [3.05, 3.63) is 83.6 Å². The number of carbonyl (C=O) groups is 3.